The molecule has 1 N–H and O–H groups in total. The van der Waals surface area contributed by atoms with E-state index in [4.69, 9.17) is 4.74 Å². The Labute approximate surface area is 141 Å². The predicted molar refractivity (Wildman–Crippen MR) is 94.1 cm³/mol. The third-order valence-corrected chi connectivity index (χ3v) is 4.92. The summed E-state index contributed by atoms with van der Waals surface area (Å²) < 4.78 is 5.40. The summed E-state index contributed by atoms with van der Waals surface area (Å²) in [5.41, 5.74) is 1.76. The average molecular weight is 327 g/mol. The van der Waals surface area contributed by atoms with Crippen molar-refractivity contribution in [2.24, 2.45) is 5.92 Å². The Morgan fingerprint density at radius 1 is 1.22 bits per heavy atom. The molecule has 120 valence electrons. The molecule has 1 fully saturated rings. The number of rotatable bonds is 6. The molecule has 0 bridgehead atoms. The van der Waals surface area contributed by atoms with Gasteiger partial charge in [0.1, 0.15) is 5.75 Å². The van der Waals surface area contributed by atoms with Crippen LogP contribution in [-0.4, -0.2) is 19.3 Å². The molecule has 0 spiro atoms. The van der Waals surface area contributed by atoms with Crippen LogP contribution in [0.25, 0.3) is 0 Å². The maximum atomic E-state index is 12.7. The molecule has 2 aromatic carbocycles. The van der Waals surface area contributed by atoms with Crippen LogP contribution in [0, 0.1) is 5.92 Å². The quantitative estimate of drug-likeness (QED) is 0.804. The number of amides is 1. The first-order valence-corrected chi connectivity index (χ1v) is 9.03. The van der Waals surface area contributed by atoms with Gasteiger partial charge in [-0.25, -0.2) is 0 Å². The summed E-state index contributed by atoms with van der Waals surface area (Å²) in [4.78, 5) is 13.8. The zero-order valence-electron chi connectivity index (χ0n) is 13.4. The number of carbonyl (C=O) groups excluding carboxylic acids is 1. The minimum atomic E-state index is -0.0738. The highest BCUT2D eigenvalue weighted by molar-refractivity contribution is 7.98. The zero-order valence-corrected chi connectivity index (χ0v) is 14.2. The lowest BCUT2D eigenvalue weighted by molar-refractivity contribution is 0.0928. The van der Waals surface area contributed by atoms with Crippen LogP contribution in [0.3, 0.4) is 0 Å². The van der Waals surface area contributed by atoms with E-state index >= 15 is 0 Å². The molecule has 0 radical (unpaired) electrons. The van der Waals surface area contributed by atoms with Crippen molar-refractivity contribution in [3.8, 4) is 5.75 Å². The lowest BCUT2D eigenvalue weighted by Crippen LogP contribution is -2.30. The van der Waals surface area contributed by atoms with Crippen molar-refractivity contribution in [3.63, 3.8) is 0 Å². The fourth-order valence-corrected chi connectivity index (χ4v) is 3.20. The average Bonchev–Trinajstić information content (AvgIpc) is 3.44. The predicted octanol–water partition coefficient (Wildman–Crippen LogP) is 4.30. The van der Waals surface area contributed by atoms with E-state index in [1.807, 2.05) is 42.7 Å². The van der Waals surface area contributed by atoms with Crippen LogP contribution in [-0.2, 0) is 0 Å². The molecular weight excluding hydrogens is 306 g/mol. The van der Waals surface area contributed by atoms with Gasteiger partial charge in [-0.15, -0.1) is 11.8 Å². The summed E-state index contributed by atoms with van der Waals surface area (Å²) in [7, 11) is 1.60. The Morgan fingerprint density at radius 2 is 1.96 bits per heavy atom. The van der Waals surface area contributed by atoms with Gasteiger partial charge in [-0.3, -0.25) is 4.79 Å². The van der Waals surface area contributed by atoms with Gasteiger partial charge in [0.05, 0.1) is 18.7 Å². The summed E-state index contributed by atoms with van der Waals surface area (Å²) in [6.07, 6.45) is 4.35. The minimum Gasteiger partial charge on any atom is -0.496 e. The third-order valence-electron chi connectivity index (χ3n) is 4.19. The molecule has 1 atom stereocenters. The molecule has 0 unspecified atom stereocenters. The van der Waals surface area contributed by atoms with Crippen molar-refractivity contribution in [1.82, 2.24) is 5.32 Å². The van der Waals surface area contributed by atoms with E-state index in [0.29, 0.717) is 17.2 Å². The number of ether oxygens (including phenoxy) is 1. The molecule has 0 aliphatic heterocycles. The lowest BCUT2D eigenvalue weighted by Gasteiger charge is -2.20. The number of carbonyl (C=O) groups is 1. The van der Waals surface area contributed by atoms with E-state index in [2.05, 4.69) is 17.4 Å². The Morgan fingerprint density at radius 3 is 2.57 bits per heavy atom. The Balaban J connectivity index is 1.82. The summed E-state index contributed by atoms with van der Waals surface area (Å²) in [5, 5.41) is 3.20. The second kappa shape index (κ2) is 7.09. The SMILES string of the molecule is COc1cc(SC)ccc1C(=O)N[C@@H](c1ccccc1)C1CC1. The van der Waals surface area contributed by atoms with Gasteiger partial charge in [0, 0.05) is 4.90 Å². The molecule has 2 aromatic rings. The maximum absolute atomic E-state index is 12.7. The van der Waals surface area contributed by atoms with Crippen molar-refractivity contribution >= 4 is 17.7 Å². The van der Waals surface area contributed by atoms with Crippen LogP contribution >= 0.6 is 11.8 Å². The Kier molecular flexibility index (Phi) is 4.91. The first kappa shape index (κ1) is 15.9. The molecule has 3 nitrogen and oxygen atoms in total. The van der Waals surface area contributed by atoms with Gasteiger partial charge in [0.25, 0.3) is 5.91 Å². The van der Waals surface area contributed by atoms with E-state index in [9.17, 15) is 4.79 Å². The fraction of sp³-hybridized carbons (Fsp3) is 0.316. The van der Waals surface area contributed by atoms with Gasteiger partial charge in [-0.2, -0.15) is 0 Å². The topological polar surface area (TPSA) is 38.3 Å². The summed E-state index contributed by atoms with van der Waals surface area (Å²) in [6, 6.07) is 16.0. The molecule has 1 saturated carbocycles. The second-order valence-corrected chi connectivity index (χ2v) is 6.65. The van der Waals surface area contributed by atoms with Crippen LogP contribution in [0.15, 0.2) is 53.4 Å². The molecule has 0 aromatic heterocycles. The monoisotopic (exact) mass is 327 g/mol. The molecule has 1 aliphatic carbocycles. The number of hydrogen-bond donors (Lipinski definition) is 1. The molecule has 23 heavy (non-hydrogen) atoms. The number of nitrogens with one attached hydrogen (secondary N) is 1. The van der Waals surface area contributed by atoms with Gasteiger partial charge in [0.15, 0.2) is 0 Å². The first-order chi connectivity index (χ1) is 11.2. The van der Waals surface area contributed by atoms with Crippen LogP contribution in [0.4, 0.5) is 0 Å². The lowest BCUT2D eigenvalue weighted by atomic mass is 10.0. The smallest absolute Gasteiger partial charge is 0.255 e. The van der Waals surface area contributed by atoms with E-state index in [1.54, 1.807) is 18.9 Å². The normalized spacial score (nSPS) is 15.0. The molecule has 1 amide bonds. The van der Waals surface area contributed by atoms with Crippen molar-refractivity contribution in [1.29, 1.82) is 0 Å². The summed E-state index contributed by atoms with van der Waals surface area (Å²) in [5.74, 6) is 1.09. The molecule has 4 heteroatoms. The highest BCUT2D eigenvalue weighted by atomic mass is 32.2. The number of hydrogen-bond acceptors (Lipinski definition) is 3. The van der Waals surface area contributed by atoms with Gasteiger partial charge in [-0.1, -0.05) is 30.3 Å². The second-order valence-electron chi connectivity index (χ2n) is 5.77. The standard InChI is InChI=1S/C19H21NO2S/c1-22-17-12-15(23-2)10-11-16(17)19(21)20-18(14-8-9-14)13-6-4-3-5-7-13/h3-7,10-12,14,18H,8-9H2,1-2H3,(H,20,21)/t18-/m0/s1. The Bertz CT molecular complexity index is 683. The number of thioether (sulfide) groups is 1. The number of benzene rings is 2. The van der Waals surface area contributed by atoms with Crippen molar-refractivity contribution in [2.45, 2.75) is 23.8 Å². The highest BCUT2D eigenvalue weighted by Gasteiger charge is 2.33. The maximum Gasteiger partial charge on any atom is 0.255 e. The van der Waals surface area contributed by atoms with Crippen molar-refractivity contribution in [3.05, 3.63) is 59.7 Å². The van der Waals surface area contributed by atoms with Gasteiger partial charge < -0.3 is 10.1 Å². The highest BCUT2D eigenvalue weighted by Crippen LogP contribution is 2.41. The van der Waals surface area contributed by atoms with Crippen LogP contribution in [0.1, 0.15) is 34.8 Å². The molecule has 1 aliphatic rings. The van der Waals surface area contributed by atoms with Crippen molar-refractivity contribution < 1.29 is 9.53 Å². The number of methoxy groups -OCH3 is 1. The first-order valence-electron chi connectivity index (χ1n) is 7.80. The zero-order chi connectivity index (χ0) is 16.2. The van der Waals surface area contributed by atoms with Crippen LogP contribution < -0.4 is 10.1 Å². The van der Waals surface area contributed by atoms with Gasteiger partial charge in [0.2, 0.25) is 0 Å². The molecule has 3 rings (SSSR count). The van der Waals surface area contributed by atoms with E-state index < -0.39 is 0 Å². The molecule has 0 saturated heterocycles. The van der Waals surface area contributed by atoms with E-state index in [1.165, 1.54) is 18.4 Å². The minimum absolute atomic E-state index is 0.0738. The Hall–Kier alpha value is -1.94. The van der Waals surface area contributed by atoms with E-state index in [-0.39, 0.29) is 11.9 Å². The molecular formula is C19H21NO2S. The summed E-state index contributed by atoms with van der Waals surface area (Å²) >= 11 is 1.63. The van der Waals surface area contributed by atoms with Gasteiger partial charge in [-0.05, 0) is 48.8 Å². The van der Waals surface area contributed by atoms with E-state index in [0.717, 1.165) is 4.90 Å². The van der Waals surface area contributed by atoms with Crippen molar-refractivity contribution in [2.75, 3.05) is 13.4 Å². The summed E-state index contributed by atoms with van der Waals surface area (Å²) in [6.45, 7) is 0. The largest absolute Gasteiger partial charge is 0.496 e. The molecule has 0 heterocycles. The van der Waals surface area contributed by atoms with Crippen LogP contribution in [0.5, 0.6) is 5.75 Å². The fourth-order valence-electron chi connectivity index (χ4n) is 2.77. The van der Waals surface area contributed by atoms with Gasteiger partial charge >= 0.3 is 0 Å². The van der Waals surface area contributed by atoms with Crippen LogP contribution in [0.2, 0.25) is 0 Å². The third kappa shape index (κ3) is 3.70.